The van der Waals surface area contributed by atoms with E-state index >= 15 is 0 Å². The topological polar surface area (TPSA) is 12.0 Å². The van der Waals surface area contributed by atoms with Gasteiger partial charge in [0.2, 0.25) is 0 Å². The molecule has 2 aromatic rings. The summed E-state index contributed by atoms with van der Waals surface area (Å²) in [6.45, 7) is 1.78. The first-order chi connectivity index (χ1) is 9.10. The van der Waals surface area contributed by atoms with Crippen LogP contribution in [0.25, 0.3) is 0 Å². The molecule has 0 aromatic heterocycles. The van der Waals surface area contributed by atoms with E-state index in [0.29, 0.717) is 5.56 Å². The summed E-state index contributed by atoms with van der Waals surface area (Å²) >= 11 is 3.43. The van der Waals surface area contributed by atoms with Crippen molar-refractivity contribution in [2.75, 3.05) is 7.05 Å². The Hall–Kier alpha value is -1.19. The molecular weight excluding hydrogens is 305 g/mol. The van der Waals surface area contributed by atoms with Gasteiger partial charge in [-0.05, 0) is 55.3 Å². The van der Waals surface area contributed by atoms with Crippen molar-refractivity contribution in [2.24, 2.45) is 0 Å². The third-order valence-corrected chi connectivity index (χ3v) is 3.83. The monoisotopic (exact) mass is 321 g/mol. The van der Waals surface area contributed by atoms with Crippen LogP contribution in [0.5, 0.6) is 0 Å². The normalized spacial score (nSPS) is 12.4. The van der Waals surface area contributed by atoms with E-state index in [4.69, 9.17) is 0 Å². The number of halogens is 2. The van der Waals surface area contributed by atoms with Crippen molar-refractivity contribution in [3.63, 3.8) is 0 Å². The first kappa shape index (κ1) is 14.2. The summed E-state index contributed by atoms with van der Waals surface area (Å²) < 4.78 is 14.7. The zero-order valence-electron chi connectivity index (χ0n) is 11.1. The molecule has 0 saturated carbocycles. The Balaban J connectivity index is 2.19. The van der Waals surface area contributed by atoms with E-state index in [1.807, 2.05) is 31.3 Å². The number of likely N-dealkylation sites (N-methyl/N-ethyl adjacent to an activating group) is 1. The Bertz CT molecular complexity index is 551. The lowest BCUT2D eigenvalue weighted by Gasteiger charge is -2.17. The highest BCUT2D eigenvalue weighted by molar-refractivity contribution is 9.10. The zero-order chi connectivity index (χ0) is 13.8. The molecular formula is C16H17BrFN. The average molecular weight is 322 g/mol. The molecule has 0 aliphatic rings. The highest BCUT2D eigenvalue weighted by Gasteiger charge is 2.11. The fraction of sp³-hybridized carbons (Fsp3) is 0.250. The van der Waals surface area contributed by atoms with E-state index in [1.54, 1.807) is 13.0 Å². The van der Waals surface area contributed by atoms with Gasteiger partial charge in [-0.15, -0.1) is 0 Å². The van der Waals surface area contributed by atoms with Gasteiger partial charge in [-0.1, -0.05) is 40.2 Å². The zero-order valence-corrected chi connectivity index (χ0v) is 12.7. The van der Waals surface area contributed by atoms with Crippen molar-refractivity contribution in [3.05, 3.63) is 69.4 Å². The lowest BCUT2D eigenvalue weighted by molar-refractivity contribution is 0.574. The van der Waals surface area contributed by atoms with E-state index in [-0.39, 0.29) is 11.9 Å². The number of nitrogens with one attached hydrogen (secondary N) is 1. The molecule has 0 aliphatic carbocycles. The highest BCUT2D eigenvalue weighted by atomic mass is 79.9. The second-order valence-corrected chi connectivity index (χ2v) is 5.60. The van der Waals surface area contributed by atoms with Crippen LogP contribution in [-0.2, 0) is 6.42 Å². The summed E-state index contributed by atoms with van der Waals surface area (Å²) in [6.07, 6.45) is 0.840. The largest absolute Gasteiger partial charge is 0.313 e. The third kappa shape index (κ3) is 3.64. The highest BCUT2D eigenvalue weighted by Crippen LogP contribution is 2.21. The molecule has 1 atom stereocenters. The molecule has 0 fully saturated rings. The van der Waals surface area contributed by atoms with Gasteiger partial charge in [0.25, 0.3) is 0 Å². The molecule has 0 bridgehead atoms. The number of benzene rings is 2. The Morgan fingerprint density at radius 1 is 1.16 bits per heavy atom. The minimum absolute atomic E-state index is 0.122. The maximum atomic E-state index is 13.6. The average Bonchev–Trinajstić information content (AvgIpc) is 2.41. The minimum atomic E-state index is -0.145. The van der Waals surface area contributed by atoms with Gasteiger partial charge < -0.3 is 5.32 Å². The van der Waals surface area contributed by atoms with Crippen LogP contribution in [0.3, 0.4) is 0 Å². The van der Waals surface area contributed by atoms with Gasteiger partial charge in [0.1, 0.15) is 5.82 Å². The number of rotatable bonds is 4. The fourth-order valence-corrected chi connectivity index (χ4v) is 2.33. The summed E-state index contributed by atoms with van der Waals surface area (Å²) in [7, 11) is 1.90. The second kappa shape index (κ2) is 6.31. The van der Waals surface area contributed by atoms with Crippen molar-refractivity contribution in [1.29, 1.82) is 0 Å². The summed E-state index contributed by atoms with van der Waals surface area (Å²) in [4.78, 5) is 0. The summed E-state index contributed by atoms with van der Waals surface area (Å²) in [6, 6.07) is 13.8. The second-order valence-electron chi connectivity index (χ2n) is 4.68. The molecule has 0 aliphatic heterocycles. The van der Waals surface area contributed by atoms with Crippen LogP contribution in [0.15, 0.2) is 46.9 Å². The predicted molar refractivity (Wildman–Crippen MR) is 80.8 cm³/mol. The van der Waals surface area contributed by atoms with E-state index in [9.17, 15) is 4.39 Å². The molecule has 1 N–H and O–H groups in total. The van der Waals surface area contributed by atoms with E-state index in [0.717, 1.165) is 16.5 Å². The number of aryl methyl sites for hydroxylation is 1. The van der Waals surface area contributed by atoms with Gasteiger partial charge in [-0.3, -0.25) is 0 Å². The van der Waals surface area contributed by atoms with Gasteiger partial charge in [-0.2, -0.15) is 0 Å². The standard InChI is InChI=1S/C16H17BrFN/c1-11-3-6-13(10-15(11)18)16(19-2)9-12-4-7-14(17)8-5-12/h3-8,10,16,19H,9H2,1-2H3. The van der Waals surface area contributed by atoms with Crippen LogP contribution < -0.4 is 5.32 Å². The van der Waals surface area contributed by atoms with E-state index in [1.165, 1.54) is 5.56 Å². The lowest BCUT2D eigenvalue weighted by atomic mass is 9.98. The van der Waals surface area contributed by atoms with Crippen LogP contribution in [0, 0.1) is 12.7 Å². The van der Waals surface area contributed by atoms with Gasteiger partial charge in [-0.25, -0.2) is 4.39 Å². The summed E-state index contributed by atoms with van der Waals surface area (Å²) in [5, 5.41) is 3.25. The van der Waals surface area contributed by atoms with Gasteiger partial charge in [0.15, 0.2) is 0 Å². The van der Waals surface area contributed by atoms with Crippen LogP contribution in [0.4, 0.5) is 4.39 Å². The van der Waals surface area contributed by atoms with Crippen molar-refractivity contribution < 1.29 is 4.39 Å². The summed E-state index contributed by atoms with van der Waals surface area (Å²) in [5.41, 5.74) is 2.89. The molecule has 19 heavy (non-hydrogen) atoms. The molecule has 0 amide bonds. The van der Waals surface area contributed by atoms with Crippen LogP contribution in [-0.4, -0.2) is 7.05 Å². The molecule has 0 spiro atoms. The van der Waals surface area contributed by atoms with Crippen molar-refractivity contribution in [2.45, 2.75) is 19.4 Å². The molecule has 0 heterocycles. The van der Waals surface area contributed by atoms with Crippen LogP contribution >= 0.6 is 15.9 Å². The van der Waals surface area contributed by atoms with Gasteiger partial charge >= 0.3 is 0 Å². The molecule has 100 valence electrons. The van der Waals surface area contributed by atoms with E-state index < -0.39 is 0 Å². The molecule has 1 nitrogen and oxygen atoms in total. The Morgan fingerprint density at radius 3 is 2.42 bits per heavy atom. The Labute approximate surface area is 122 Å². The molecule has 2 aromatic carbocycles. The maximum absolute atomic E-state index is 13.6. The Kier molecular flexibility index (Phi) is 4.72. The molecule has 1 unspecified atom stereocenters. The molecule has 0 radical (unpaired) electrons. The number of hydrogen-bond donors (Lipinski definition) is 1. The first-order valence-electron chi connectivity index (χ1n) is 6.28. The van der Waals surface area contributed by atoms with Crippen LogP contribution in [0.1, 0.15) is 22.7 Å². The van der Waals surface area contributed by atoms with Crippen LogP contribution in [0.2, 0.25) is 0 Å². The SMILES string of the molecule is CNC(Cc1ccc(Br)cc1)c1ccc(C)c(F)c1. The van der Waals surface area contributed by atoms with Crippen molar-refractivity contribution in [1.82, 2.24) is 5.32 Å². The smallest absolute Gasteiger partial charge is 0.126 e. The quantitative estimate of drug-likeness (QED) is 0.880. The lowest BCUT2D eigenvalue weighted by Crippen LogP contribution is -2.19. The predicted octanol–water partition coefficient (Wildman–Crippen LogP) is 4.40. The third-order valence-electron chi connectivity index (χ3n) is 3.30. The maximum Gasteiger partial charge on any atom is 0.126 e. The summed E-state index contributed by atoms with van der Waals surface area (Å²) in [5.74, 6) is -0.145. The minimum Gasteiger partial charge on any atom is -0.313 e. The molecule has 2 rings (SSSR count). The fourth-order valence-electron chi connectivity index (χ4n) is 2.07. The van der Waals surface area contributed by atoms with Gasteiger partial charge in [0, 0.05) is 10.5 Å². The Morgan fingerprint density at radius 2 is 1.84 bits per heavy atom. The first-order valence-corrected chi connectivity index (χ1v) is 7.07. The van der Waals surface area contributed by atoms with Crippen molar-refractivity contribution >= 4 is 15.9 Å². The van der Waals surface area contributed by atoms with E-state index in [2.05, 4.69) is 33.4 Å². The molecule has 3 heteroatoms. The van der Waals surface area contributed by atoms with Crippen molar-refractivity contribution in [3.8, 4) is 0 Å². The number of hydrogen-bond acceptors (Lipinski definition) is 1. The van der Waals surface area contributed by atoms with Gasteiger partial charge in [0.05, 0.1) is 0 Å². The molecule has 0 saturated heterocycles.